The Hall–Kier alpha value is -1.36. The molecular formula is C12H22N4O. The highest BCUT2D eigenvalue weighted by Crippen LogP contribution is 2.10. The molecule has 5 nitrogen and oxygen atoms in total. The van der Waals surface area contributed by atoms with Crippen molar-refractivity contribution < 1.29 is 4.79 Å². The van der Waals surface area contributed by atoms with Gasteiger partial charge in [-0.1, -0.05) is 0 Å². The normalized spacial score (nSPS) is 11.8. The van der Waals surface area contributed by atoms with Gasteiger partial charge in [0.05, 0.1) is 11.4 Å². The third kappa shape index (κ3) is 4.19. The Morgan fingerprint density at radius 3 is 2.76 bits per heavy atom. The molecule has 1 aromatic heterocycles. The number of aryl methyl sites for hydroxylation is 2. The van der Waals surface area contributed by atoms with Crippen molar-refractivity contribution in [3.63, 3.8) is 0 Å². The number of aromatic nitrogens is 2. The molecular weight excluding hydrogens is 216 g/mol. The highest BCUT2D eigenvalue weighted by molar-refractivity contribution is 5.74. The van der Waals surface area contributed by atoms with Crippen LogP contribution in [0.1, 0.15) is 38.6 Å². The second-order valence-corrected chi connectivity index (χ2v) is 4.97. The molecule has 0 aromatic carbocycles. The van der Waals surface area contributed by atoms with E-state index in [1.54, 1.807) is 0 Å². The number of nitrogens with zero attached hydrogens (tertiary/aromatic N) is 2. The Kier molecular flexibility index (Phi) is 4.28. The van der Waals surface area contributed by atoms with Crippen LogP contribution in [0.3, 0.4) is 0 Å². The van der Waals surface area contributed by atoms with Gasteiger partial charge in [-0.2, -0.15) is 5.10 Å². The standard InChI is InChI=1S/C12H22N4O/c1-5-16-10(6-9(2)15-16)8-14-12(3,4)7-11(13)17/h6,14H,5,7-8H2,1-4H3,(H2,13,17). The van der Waals surface area contributed by atoms with Gasteiger partial charge >= 0.3 is 0 Å². The van der Waals surface area contributed by atoms with Gasteiger partial charge in [-0.05, 0) is 33.8 Å². The van der Waals surface area contributed by atoms with Crippen molar-refractivity contribution in [2.24, 2.45) is 5.73 Å². The molecule has 0 spiro atoms. The summed E-state index contributed by atoms with van der Waals surface area (Å²) in [6.45, 7) is 9.51. The zero-order valence-corrected chi connectivity index (χ0v) is 11.1. The van der Waals surface area contributed by atoms with E-state index in [-0.39, 0.29) is 11.4 Å². The van der Waals surface area contributed by atoms with Gasteiger partial charge in [0.1, 0.15) is 0 Å². The molecule has 96 valence electrons. The van der Waals surface area contributed by atoms with Crippen LogP contribution >= 0.6 is 0 Å². The summed E-state index contributed by atoms with van der Waals surface area (Å²) >= 11 is 0. The summed E-state index contributed by atoms with van der Waals surface area (Å²) in [6, 6.07) is 2.05. The van der Waals surface area contributed by atoms with E-state index in [1.165, 1.54) is 0 Å². The fraction of sp³-hybridized carbons (Fsp3) is 0.667. The summed E-state index contributed by atoms with van der Waals surface area (Å²) < 4.78 is 1.96. The van der Waals surface area contributed by atoms with Gasteiger partial charge < -0.3 is 11.1 Å². The number of nitrogens with one attached hydrogen (secondary N) is 1. The fourth-order valence-electron chi connectivity index (χ4n) is 1.84. The topological polar surface area (TPSA) is 72.9 Å². The molecule has 1 aromatic rings. The third-order valence-corrected chi connectivity index (χ3v) is 2.65. The van der Waals surface area contributed by atoms with Gasteiger partial charge in [0.15, 0.2) is 0 Å². The van der Waals surface area contributed by atoms with E-state index >= 15 is 0 Å². The molecule has 3 N–H and O–H groups in total. The molecule has 1 amide bonds. The summed E-state index contributed by atoms with van der Waals surface area (Å²) in [6.07, 6.45) is 0.326. The summed E-state index contributed by atoms with van der Waals surface area (Å²) in [4.78, 5) is 10.9. The average molecular weight is 238 g/mol. The van der Waals surface area contributed by atoms with Crippen molar-refractivity contribution in [3.05, 3.63) is 17.5 Å². The number of carbonyl (C=O) groups excluding carboxylic acids is 1. The van der Waals surface area contributed by atoms with E-state index in [0.29, 0.717) is 13.0 Å². The van der Waals surface area contributed by atoms with Crippen LogP contribution in [0.4, 0.5) is 0 Å². The summed E-state index contributed by atoms with van der Waals surface area (Å²) in [5.41, 5.74) is 7.06. The SMILES string of the molecule is CCn1nc(C)cc1CNC(C)(C)CC(N)=O. The molecule has 0 aliphatic rings. The average Bonchev–Trinajstić information content (AvgIpc) is 2.54. The van der Waals surface area contributed by atoms with E-state index in [4.69, 9.17) is 5.73 Å². The number of carbonyl (C=O) groups is 1. The second-order valence-electron chi connectivity index (χ2n) is 4.97. The van der Waals surface area contributed by atoms with E-state index in [2.05, 4.69) is 23.4 Å². The number of hydrogen-bond acceptors (Lipinski definition) is 3. The molecule has 0 bridgehead atoms. The van der Waals surface area contributed by atoms with Crippen molar-refractivity contribution in [1.82, 2.24) is 15.1 Å². The first-order valence-corrected chi connectivity index (χ1v) is 5.90. The van der Waals surface area contributed by atoms with Gasteiger partial charge in [0, 0.05) is 25.0 Å². The van der Waals surface area contributed by atoms with E-state index in [1.807, 2.05) is 25.5 Å². The monoisotopic (exact) mass is 238 g/mol. The van der Waals surface area contributed by atoms with Crippen LogP contribution in [-0.4, -0.2) is 21.2 Å². The highest BCUT2D eigenvalue weighted by atomic mass is 16.1. The predicted molar refractivity (Wildman–Crippen MR) is 67.4 cm³/mol. The number of nitrogens with two attached hydrogens (primary N) is 1. The van der Waals surface area contributed by atoms with Gasteiger partial charge in [0.2, 0.25) is 5.91 Å². The molecule has 0 fully saturated rings. The minimum Gasteiger partial charge on any atom is -0.370 e. The molecule has 1 rings (SSSR count). The molecule has 0 saturated carbocycles. The van der Waals surface area contributed by atoms with Crippen LogP contribution < -0.4 is 11.1 Å². The van der Waals surface area contributed by atoms with Crippen molar-refractivity contribution in [2.45, 2.75) is 52.7 Å². The number of rotatable bonds is 6. The van der Waals surface area contributed by atoms with Crippen LogP contribution in [0.15, 0.2) is 6.07 Å². The molecule has 0 unspecified atom stereocenters. The van der Waals surface area contributed by atoms with Crippen molar-refractivity contribution in [1.29, 1.82) is 0 Å². The zero-order valence-electron chi connectivity index (χ0n) is 11.1. The summed E-state index contributed by atoms with van der Waals surface area (Å²) in [5.74, 6) is -0.289. The number of primary amides is 1. The van der Waals surface area contributed by atoms with Gasteiger partial charge in [-0.3, -0.25) is 9.48 Å². The lowest BCUT2D eigenvalue weighted by Gasteiger charge is -2.24. The molecule has 0 aliphatic heterocycles. The molecule has 0 radical (unpaired) electrons. The largest absolute Gasteiger partial charge is 0.370 e. The number of hydrogen-bond donors (Lipinski definition) is 2. The first kappa shape index (κ1) is 13.7. The van der Waals surface area contributed by atoms with Crippen LogP contribution in [0, 0.1) is 6.92 Å². The molecule has 1 heterocycles. The van der Waals surface area contributed by atoms with Crippen LogP contribution in [0.25, 0.3) is 0 Å². The summed E-state index contributed by atoms with van der Waals surface area (Å²) in [5, 5.41) is 7.71. The van der Waals surface area contributed by atoms with E-state index < -0.39 is 0 Å². The quantitative estimate of drug-likeness (QED) is 0.775. The molecule has 0 atom stereocenters. The lowest BCUT2D eigenvalue weighted by atomic mass is 10.0. The molecule has 17 heavy (non-hydrogen) atoms. The maximum absolute atomic E-state index is 10.9. The lowest BCUT2D eigenvalue weighted by molar-refractivity contribution is -0.119. The Labute approximate surface area is 102 Å². The predicted octanol–water partition coefficient (Wildman–Crippen LogP) is 0.955. The molecule has 0 saturated heterocycles. The third-order valence-electron chi connectivity index (χ3n) is 2.65. The van der Waals surface area contributed by atoms with Crippen LogP contribution in [0.2, 0.25) is 0 Å². The lowest BCUT2D eigenvalue weighted by Crippen LogP contribution is -2.42. The Morgan fingerprint density at radius 2 is 2.24 bits per heavy atom. The minimum absolute atomic E-state index is 0.289. The fourth-order valence-corrected chi connectivity index (χ4v) is 1.84. The first-order valence-electron chi connectivity index (χ1n) is 5.90. The van der Waals surface area contributed by atoms with Gasteiger partial charge in [-0.25, -0.2) is 0 Å². The van der Waals surface area contributed by atoms with Crippen molar-refractivity contribution >= 4 is 5.91 Å². The first-order chi connectivity index (χ1) is 7.84. The van der Waals surface area contributed by atoms with Gasteiger partial charge in [0.25, 0.3) is 0 Å². The second kappa shape index (κ2) is 5.31. The van der Waals surface area contributed by atoms with Crippen LogP contribution in [0.5, 0.6) is 0 Å². The summed E-state index contributed by atoms with van der Waals surface area (Å²) in [7, 11) is 0. The van der Waals surface area contributed by atoms with E-state index in [9.17, 15) is 4.79 Å². The Bertz CT molecular complexity index is 395. The number of amides is 1. The maximum atomic E-state index is 10.9. The molecule has 5 heteroatoms. The van der Waals surface area contributed by atoms with Crippen molar-refractivity contribution in [2.75, 3.05) is 0 Å². The highest BCUT2D eigenvalue weighted by Gasteiger charge is 2.20. The maximum Gasteiger partial charge on any atom is 0.219 e. The zero-order chi connectivity index (χ0) is 13.1. The minimum atomic E-state index is -0.289. The smallest absolute Gasteiger partial charge is 0.219 e. The van der Waals surface area contributed by atoms with Crippen LogP contribution in [-0.2, 0) is 17.9 Å². The van der Waals surface area contributed by atoms with Gasteiger partial charge in [-0.15, -0.1) is 0 Å². The Morgan fingerprint density at radius 1 is 1.59 bits per heavy atom. The van der Waals surface area contributed by atoms with Crippen molar-refractivity contribution in [3.8, 4) is 0 Å². The van der Waals surface area contributed by atoms with E-state index in [0.717, 1.165) is 17.9 Å². The molecule has 0 aliphatic carbocycles. The Balaban J connectivity index is 2.63.